The summed E-state index contributed by atoms with van der Waals surface area (Å²) in [7, 11) is 0. The Morgan fingerprint density at radius 2 is 1.95 bits per heavy atom. The number of amides is 1. The van der Waals surface area contributed by atoms with E-state index in [4.69, 9.17) is 4.74 Å². The average Bonchev–Trinajstić information content (AvgIpc) is 2.81. The molecule has 4 nitrogen and oxygen atoms in total. The SMILES string of the molecule is CCC(NC(C)CC1CCCN1C(=O)OC(C)(C)C)C(C)C. The predicted molar refractivity (Wildman–Crippen MR) is 92.1 cm³/mol. The van der Waals surface area contributed by atoms with E-state index in [0.29, 0.717) is 24.0 Å². The van der Waals surface area contributed by atoms with Crippen molar-refractivity contribution in [3.63, 3.8) is 0 Å². The van der Waals surface area contributed by atoms with E-state index < -0.39 is 5.60 Å². The maximum Gasteiger partial charge on any atom is 0.410 e. The molecule has 1 heterocycles. The minimum Gasteiger partial charge on any atom is -0.444 e. The van der Waals surface area contributed by atoms with Crippen molar-refractivity contribution in [1.29, 1.82) is 0 Å². The fourth-order valence-corrected chi connectivity index (χ4v) is 3.26. The molecule has 0 aromatic heterocycles. The van der Waals surface area contributed by atoms with Gasteiger partial charge in [-0.2, -0.15) is 0 Å². The highest BCUT2D eigenvalue weighted by Gasteiger charge is 2.33. The Bertz CT molecular complexity index is 349. The molecule has 1 N–H and O–H groups in total. The van der Waals surface area contributed by atoms with Crippen LogP contribution in [0.5, 0.6) is 0 Å². The first-order valence-electron chi connectivity index (χ1n) is 8.89. The number of nitrogens with one attached hydrogen (secondary N) is 1. The van der Waals surface area contributed by atoms with Gasteiger partial charge < -0.3 is 15.0 Å². The van der Waals surface area contributed by atoms with Crippen molar-refractivity contribution in [3.8, 4) is 0 Å². The summed E-state index contributed by atoms with van der Waals surface area (Å²) in [6, 6.07) is 1.27. The monoisotopic (exact) mass is 312 g/mol. The first-order valence-corrected chi connectivity index (χ1v) is 8.89. The maximum absolute atomic E-state index is 12.3. The van der Waals surface area contributed by atoms with Crippen LogP contribution < -0.4 is 5.32 Å². The lowest BCUT2D eigenvalue weighted by atomic mass is 9.99. The molecule has 3 atom stereocenters. The van der Waals surface area contributed by atoms with Crippen molar-refractivity contribution in [3.05, 3.63) is 0 Å². The molecule has 1 rings (SSSR count). The van der Waals surface area contributed by atoms with Gasteiger partial charge in [-0.1, -0.05) is 20.8 Å². The van der Waals surface area contributed by atoms with Crippen LogP contribution >= 0.6 is 0 Å². The minimum absolute atomic E-state index is 0.155. The van der Waals surface area contributed by atoms with Crippen molar-refractivity contribution >= 4 is 6.09 Å². The summed E-state index contributed by atoms with van der Waals surface area (Å²) in [5.74, 6) is 0.637. The van der Waals surface area contributed by atoms with E-state index in [1.54, 1.807) is 0 Å². The second kappa shape index (κ2) is 8.19. The molecule has 0 aromatic rings. The van der Waals surface area contributed by atoms with Gasteiger partial charge in [0.1, 0.15) is 5.60 Å². The van der Waals surface area contributed by atoms with Crippen LogP contribution in [-0.2, 0) is 4.74 Å². The molecule has 0 spiro atoms. The van der Waals surface area contributed by atoms with Crippen LogP contribution in [0.4, 0.5) is 4.79 Å². The molecule has 0 aromatic carbocycles. The molecule has 0 saturated carbocycles. The molecule has 1 saturated heterocycles. The molecule has 0 aliphatic carbocycles. The summed E-state index contributed by atoms with van der Waals surface area (Å²) in [6.07, 6.45) is 4.16. The van der Waals surface area contributed by atoms with Crippen LogP contribution in [0.1, 0.15) is 74.1 Å². The number of hydrogen-bond acceptors (Lipinski definition) is 3. The molecule has 0 bridgehead atoms. The number of rotatable bonds is 6. The lowest BCUT2D eigenvalue weighted by Gasteiger charge is -2.32. The molecule has 0 radical (unpaired) electrons. The van der Waals surface area contributed by atoms with Gasteiger partial charge in [-0.15, -0.1) is 0 Å². The second-order valence-corrected chi connectivity index (χ2v) is 8.03. The summed E-state index contributed by atoms with van der Waals surface area (Å²) < 4.78 is 5.54. The van der Waals surface area contributed by atoms with Gasteiger partial charge in [0.05, 0.1) is 0 Å². The Morgan fingerprint density at radius 1 is 1.32 bits per heavy atom. The molecule has 3 unspecified atom stereocenters. The third-order valence-electron chi connectivity index (χ3n) is 4.37. The topological polar surface area (TPSA) is 41.6 Å². The molecule has 1 amide bonds. The highest BCUT2D eigenvalue weighted by Crippen LogP contribution is 2.24. The highest BCUT2D eigenvalue weighted by atomic mass is 16.6. The summed E-state index contributed by atoms with van der Waals surface area (Å²) in [5, 5.41) is 3.72. The fourth-order valence-electron chi connectivity index (χ4n) is 3.26. The normalized spacial score (nSPS) is 22.0. The number of ether oxygens (including phenoxy) is 1. The number of likely N-dealkylation sites (tertiary alicyclic amines) is 1. The first-order chi connectivity index (χ1) is 10.1. The largest absolute Gasteiger partial charge is 0.444 e. The van der Waals surface area contributed by atoms with Gasteiger partial charge in [-0.3, -0.25) is 0 Å². The lowest BCUT2D eigenvalue weighted by molar-refractivity contribution is 0.0213. The molecule has 4 heteroatoms. The van der Waals surface area contributed by atoms with Crippen molar-refractivity contribution in [2.45, 2.75) is 97.9 Å². The Labute approximate surface area is 137 Å². The molecule has 1 aliphatic rings. The van der Waals surface area contributed by atoms with Crippen LogP contribution in [0, 0.1) is 5.92 Å². The fraction of sp³-hybridized carbons (Fsp3) is 0.944. The van der Waals surface area contributed by atoms with Gasteiger partial charge in [-0.05, 0) is 59.3 Å². The third-order valence-corrected chi connectivity index (χ3v) is 4.37. The van der Waals surface area contributed by atoms with Gasteiger partial charge in [-0.25, -0.2) is 4.79 Å². The van der Waals surface area contributed by atoms with Gasteiger partial charge in [0.2, 0.25) is 0 Å². The van der Waals surface area contributed by atoms with Crippen LogP contribution in [0.25, 0.3) is 0 Å². The Hall–Kier alpha value is -0.770. The Morgan fingerprint density at radius 3 is 2.45 bits per heavy atom. The van der Waals surface area contributed by atoms with E-state index in [-0.39, 0.29) is 6.09 Å². The zero-order valence-corrected chi connectivity index (χ0v) is 15.6. The van der Waals surface area contributed by atoms with Gasteiger partial charge >= 0.3 is 6.09 Å². The zero-order valence-electron chi connectivity index (χ0n) is 15.6. The molecule has 1 aliphatic heterocycles. The smallest absolute Gasteiger partial charge is 0.410 e. The van der Waals surface area contributed by atoms with E-state index in [1.165, 1.54) is 0 Å². The van der Waals surface area contributed by atoms with Crippen molar-refractivity contribution in [1.82, 2.24) is 10.2 Å². The van der Waals surface area contributed by atoms with Crippen LogP contribution in [0.3, 0.4) is 0 Å². The van der Waals surface area contributed by atoms with E-state index in [0.717, 1.165) is 32.2 Å². The number of carbonyl (C=O) groups excluding carboxylic acids is 1. The third kappa shape index (κ3) is 6.15. The number of carbonyl (C=O) groups is 1. The van der Waals surface area contributed by atoms with Crippen LogP contribution in [0.15, 0.2) is 0 Å². The quantitative estimate of drug-likeness (QED) is 0.799. The maximum atomic E-state index is 12.3. The molecular weight excluding hydrogens is 276 g/mol. The van der Waals surface area contributed by atoms with E-state index in [1.807, 2.05) is 25.7 Å². The van der Waals surface area contributed by atoms with Crippen molar-refractivity contribution in [2.24, 2.45) is 5.92 Å². The summed E-state index contributed by atoms with van der Waals surface area (Å²) in [5.41, 5.74) is -0.418. The molecule has 1 fully saturated rings. The van der Waals surface area contributed by atoms with E-state index >= 15 is 0 Å². The van der Waals surface area contributed by atoms with Crippen LogP contribution in [0.2, 0.25) is 0 Å². The van der Waals surface area contributed by atoms with Gasteiger partial charge in [0, 0.05) is 24.7 Å². The first kappa shape index (κ1) is 19.3. The lowest BCUT2D eigenvalue weighted by Crippen LogP contribution is -2.45. The highest BCUT2D eigenvalue weighted by molar-refractivity contribution is 5.68. The number of nitrogens with zero attached hydrogens (tertiary/aromatic N) is 1. The van der Waals surface area contributed by atoms with Crippen molar-refractivity contribution in [2.75, 3.05) is 6.54 Å². The average molecular weight is 312 g/mol. The second-order valence-electron chi connectivity index (χ2n) is 8.03. The van der Waals surface area contributed by atoms with E-state index in [9.17, 15) is 4.79 Å². The zero-order chi connectivity index (χ0) is 16.9. The summed E-state index contributed by atoms with van der Waals surface area (Å²) in [4.78, 5) is 14.3. The van der Waals surface area contributed by atoms with Gasteiger partial charge in [0.15, 0.2) is 0 Å². The van der Waals surface area contributed by atoms with Gasteiger partial charge in [0.25, 0.3) is 0 Å². The molecular formula is C18H36N2O2. The Kier molecular flexibility index (Phi) is 7.17. The molecule has 130 valence electrons. The number of hydrogen-bond donors (Lipinski definition) is 1. The van der Waals surface area contributed by atoms with Crippen molar-refractivity contribution < 1.29 is 9.53 Å². The van der Waals surface area contributed by atoms with E-state index in [2.05, 4.69) is 33.0 Å². The standard InChI is InChI=1S/C18H36N2O2/c1-8-16(13(2)3)19-14(4)12-15-10-9-11-20(15)17(21)22-18(5,6)7/h13-16,19H,8-12H2,1-7H3. The van der Waals surface area contributed by atoms with Crippen LogP contribution in [-0.4, -0.2) is 41.3 Å². The Balaban J connectivity index is 2.54. The molecule has 22 heavy (non-hydrogen) atoms. The summed E-state index contributed by atoms with van der Waals surface area (Å²) >= 11 is 0. The predicted octanol–water partition coefficient (Wildman–Crippen LogP) is 4.19. The summed E-state index contributed by atoms with van der Waals surface area (Å²) in [6.45, 7) is 15.6. The minimum atomic E-state index is -0.418.